The third-order valence-electron chi connectivity index (χ3n) is 4.44. The van der Waals surface area contributed by atoms with E-state index in [2.05, 4.69) is 10.3 Å². The van der Waals surface area contributed by atoms with E-state index in [-0.39, 0.29) is 34.6 Å². The fourth-order valence-electron chi connectivity index (χ4n) is 2.76. The topological polar surface area (TPSA) is 95.9 Å². The Morgan fingerprint density at radius 2 is 1.85 bits per heavy atom. The van der Waals surface area contributed by atoms with Crippen LogP contribution in [0.25, 0.3) is 0 Å². The van der Waals surface area contributed by atoms with Gasteiger partial charge in [0.15, 0.2) is 25.6 Å². The summed E-state index contributed by atoms with van der Waals surface area (Å²) in [5.74, 6) is 0.774. The number of aliphatic imine (C=N–C) groups is 1. The summed E-state index contributed by atoms with van der Waals surface area (Å²) < 4.78 is 46.6. The molecule has 10 heteroatoms. The molecule has 27 heavy (non-hydrogen) atoms. The number of hydrogen-bond acceptors (Lipinski definition) is 5. The molecular weight excluding hydrogens is 501 g/mol. The van der Waals surface area contributed by atoms with E-state index in [4.69, 9.17) is 0 Å². The van der Waals surface area contributed by atoms with Crippen LogP contribution in [0.1, 0.15) is 26.3 Å². The highest BCUT2D eigenvalue weighted by Crippen LogP contribution is 2.23. The molecule has 0 aromatic heterocycles. The van der Waals surface area contributed by atoms with Gasteiger partial charge in [0, 0.05) is 25.9 Å². The number of benzene rings is 1. The summed E-state index contributed by atoms with van der Waals surface area (Å²) in [5, 5.41) is 3.21. The van der Waals surface area contributed by atoms with Gasteiger partial charge in [0.05, 0.1) is 21.9 Å². The standard InChI is InChI=1S/C17H27N3O4S2.HI/c1-5-18-16(20-10-11-26(23,24)17(2,3)13-20)19-12-14-6-8-15(9-7-14)25(4,21)22;/h6-9H,5,10-13H2,1-4H3,(H,18,19);1H. The van der Waals surface area contributed by atoms with Gasteiger partial charge in [-0.3, -0.25) is 0 Å². The van der Waals surface area contributed by atoms with Crippen LogP contribution < -0.4 is 5.32 Å². The predicted molar refractivity (Wildman–Crippen MR) is 119 cm³/mol. The van der Waals surface area contributed by atoms with Crippen molar-refractivity contribution in [3.8, 4) is 0 Å². The van der Waals surface area contributed by atoms with Gasteiger partial charge in [0.2, 0.25) is 0 Å². The van der Waals surface area contributed by atoms with E-state index < -0.39 is 24.4 Å². The Balaban J connectivity index is 0.00000364. The number of hydrogen-bond donors (Lipinski definition) is 1. The maximum atomic E-state index is 12.2. The Hall–Kier alpha value is -0.880. The minimum atomic E-state index is -3.21. The molecule has 1 N–H and O–H groups in total. The van der Waals surface area contributed by atoms with E-state index in [1.807, 2.05) is 11.8 Å². The van der Waals surface area contributed by atoms with Gasteiger partial charge >= 0.3 is 0 Å². The highest BCUT2D eigenvalue weighted by atomic mass is 127. The van der Waals surface area contributed by atoms with Crippen LogP contribution in [0.3, 0.4) is 0 Å². The Morgan fingerprint density at radius 3 is 2.33 bits per heavy atom. The van der Waals surface area contributed by atoms with Crippen molar-refractivity contribution >= 4 is 49.6 Å². The highest BCUT2D eigenvalue weighted by Gasteiger charge is 2.40. The largest absolute Gasteiger partial charge is 0.357 e. The summed E-state index contributed by atoms with van der Waals surface area (Å²) in [6.45, 7) is 7.29. The van der Waals surface area contributed by atoms with Gasteiger partial charge in [-0.15, -0.1) is 24.0 Å². The lowest BCUT2D eigenvalue weighted by molar-refractivity contribution is 0.353. The minimum Gasteiger partial charge on any atom is -0.357 e. The molecule has 1 aliphatic rings. The van der Waals surface area contributed by atoms with Crippen LogP contribution in [0, 0.1) is 0 Å². The molecule has 0 bridgehead atoms. The smallest absolute Gasteiger partial charge is 0.194 e. The molecule has 154 valence electrons. The van der Waals surface area contributed by atoms with Crippen LogP contribution in [0.15, 0.2) is 34.2 Å². The van der Waals surface area contributed by atoms with Crippen molar-refractivity contribution in [3.05, 3.63) is 29.8 Å². The average molecular weight is 529 g/mol. The van der Waals surface area contributed by atoms with Crippen LogP contribution in [0.2, 0.25) is 0 Å². The molecule has 1 fully saturated rings. The monoisotopic (exact) mass is 529 g/mol. The summed E-state index contributed by atoms with van der Waals surface area (Å²) in [6.07, 6.45) is 1.18. The van der Waals surface area contributed by atoms with Crippen LogP contribution >= 0.6 is 24.0 Å². The third kappa shape index (κ3) is 6.05. The molecule has 1 heterocycles. The lowest BCUT2D eigenvalue weighted by atomic mass is 10.2. The van der Waals surface area contributed by atoms with Crippen LogP contribution in [-0.4, -0.2) is 64.1 Å². The van der Waals surface area contributed by atoms with Crippen molar-refractivity contribution in [2.75, 3.05) is 31.6 Å². The molecule has 7 nitrogen and oxygen atoms in total. The number of sulfone groups is 2. The number of nitrogens with one attached hydrogen (secondary N) is 1. The van der Waals surface area contributed by atoms with E-state index >= 15 is 0 Å². The van der Waals surface area contributed by atoms with Crippen molar-refractivity contribution in [2.24, 2.45) is 4.99 Å². The van der Waals surface area contributed by atoms with Gasteiger partial charge in [-0.2, -0.15) is 0 Å². The van der Waals surface area contributed by atoms with Gasteiger partial charge < -0.3 is 10.2 Å². The van der Waals surface area contributed by atoms with E-state index in [1.165, 1.54) is 6.26 Å². The van der Waals surface area contributed by atoms with Gasteiger partial charge in [-0.25, -0.2) is 21.8 Å². The van der Waals surface area contributed by atoms with Crippen molar-refractivity contribution < 1.29 is 16.8 Å². The summed E-state index contributed by atoms with van der Waals surface area (Å²) in [7, 11) is -6.32. The molecule has 0 spiro atoms. The molecule has 0 unspecified atom stereocenters. The maximum absolute atomic E-state index is 12.2. The van der Waals surface area contributed by atoms with E-state index in [0.29, 0.717) is 32.1 Å². The average Bonchev–Trinajstić information content (AvgIpc) is 2.54. The molecule has 1 saturated heterocycles. The van der Waals surface area contributed by atoms with Crippen LogP contribution in [0.5, 0.6) is 0 Å². The van der Waals surface area contributed by atoms with Crippen molar-refractivity contribution in [1.82, 2.24) is 10.2 Å². The Labute approximate surface area is 179 Å². The van der Waals surface area contributed by atoms with Crippen molar-refractivity contribution in [1.29, 1.82) is 0 Å². The van der Waals surface area contributed by atoms with Crippen molar-refractivity contribution in [3.63, 3.8) is 0 Å². The first-order chi connectivity index (χ1) is 12.0. The number of nitrogens with zero attached hydrogens (tertiary/aromatic N) is 2. The lowest BCUT2D eigenvalue weighted by Gasteiger charge is -2.39. The molecule has 1 aliphatic heterocycles. The summed E-state index contributed by atoms with van der Waals surface area (Å²) in [5.41, 5.74) is 0.886. The summed E-state index contributed by atoms with van der Waals surface area (Å²) in [6, 6.07) is 6.63. The van der Waals surface area contributed by atoms with Crippen molar-refractivity contribution in [2.45, 2.75) is 37.0 Å². The zero-order valence-corrected chi connectivity index (χ0v) is 20.1. The number of halogens is 1. The zero-order valence-electron chi connectivity index (χ0n) is 16.1. The summed E-state index contributed by atoms with van der Waals surface area (Å²) >= 11 is 0. The van der Waals surface area contributed by atoms with Gasteiger partial charge in [0.1, 0.15) is 0 Å². The van der Waals surface area contributed by atoms with Gasteiger partial charge in [-0.1, -0.05) is 12.1 Å². The maximum Gasteiger partial charge on any atom is 0.194 e. The molecule has 0 radical (unpaired) electrons. The van der Waals surface area contributed by atoms with Crippen LogP contribution in [-0.2, 0) is 26.2 Å². The summed E-state index contributed by atoms with van der Waals surface area (Å²) in [4.78, 5) is 6.85. The molecule has 2 rings (SSSR count). The predicted octanol–water partition coefficient (Wildman–Crippen LogP) is 1.68. The Kier molecular flexibility index (Phi) is 8.12. The zero-order chi connectivity index (χ0) is 19.6. The molecule has 0 saturated carbocycles. The van der Waals surface area contributed by atoms with E-state index in [1.54, 1.807) is 38.1 Å². The Bertz CT molecular complexity index is 879. The van der Waals surface area contributed by atoms with Gasteiger partial charge in [0.25, 0.3) is 0 Å². The second-order valence-electron chi connectivity index (χ2n) is 7.09. The first kappa shape index (κ1) is 24.2. The molecule has 0 aliphatic carbocycles. The molecular formula is C17H28IN3O4S2. The van der Waals surface area contributed by atoms with E-state index in [9.17, 15) is 16.8 Å². The highest BCUT2D eigenvalue weighted by molar-refractivity contribution is 14.0. The molecule has 1 aromatic carbocycles. The lowest BCUT2D eigenvalue weighted by Crippen LogP contribution is -2.57. The fraction of sp³-hybridized carbons (Fsp3) is 0.588. The van der Waals surface area contributed by atoms with Gasteiger partial charge in [-0.05, 0) is 38.5 Å². The second kappa shape index (κ2) is 9.08. The van der Waals surface area contributed by atoms with Crippen LogP contribution in [0.4, 0.5) is 0 Å². The molecule has 0 atom stereocenters. The number of rotatable bonds is 4. The minimum absolute atomic E-state index is 0. The number of guanidine groups is 1. The van der Waals surface area contributed by atoms with E-state index in [0.717, 1.165) is 5.56 Å². The fourth-order valence-corrected chi connectivity index (χ4v) is 4.75. The molecule has 0 amide bonds. The first-order valence-electron chi connectivity index (χ1n) is 8.51. The normalized spacial score (nSPS) is 19.3. The SMILES string of the molecule is CCNC(=NCc1ccc(S(C)(=O)=O)cc1)N1CCS(=O)(=O)C(C)(C)C1.I. The Morgan fingerprint density at radius 1 is 1.26 bits per heavy atom. The third-order valence-corrected chi connectivity index (χ3v) is 8.10. The quantitative estimate of drug-likeness (QED) is 0.363. The molecule has 1 aromatic rings. The first-order valence-corrected chi connectivity index (χ1v) is 12.1. The second-order valence-corrected chi connectivity index (χ2v) is 11.8.